The minimum Gasteiger partial charge on any atom is -0.507 e. The predicted molar refractivity (Wildman–Crippen MR) is 127 cm³/mol. The summed E-state index contributed by atoms with van der Waals surface area (Å²) < 4.78 is 11.3. The number of carboxylic acids is 1. The Hall–Kier alpha value is -4.33. The summed E-state index contributed by atoms with van der Waals surface area (Å²) >= 11 is 0. The number of likely N-dealkylation sites (tertiary alicyclic amines) is 1. The van der Waals surface area contributed by atoms with E-state index in [9.17, 15) is 19.5 Å². The second kappa shape index (κ2) is 9.50. The Labute approximate surface area is 202 Å². The number of ether oxygens (including phenoxy) is 1. The summed E-state index contributed by atoms with van der Waals surface area (Å²) in [7, 11) is 0. The number of aliphatic hydroxyl groups is 1. The number of aryl methyl sites for hydroxylation is 1. The molecule has 1 amide bonds. The molecule has 2 N–H and O–H groups in total. The zero-order valence-corrected chi connectivity index (χ0v) is 19.5. The van der Waals surface area contributed by atoms with Crippen molar-refractivity contribution in [1.82, 2.24) is 4.90 Å². The van der Waals surface area contributed by atoms with Gasteiger partial charge in [0.05, 0.1) is 23.5 Å². The van der Waals surface area contributed by atoms with Crippen molar-refractivity contribution in [3.63, 3.8) is 0 Å². The molecule has 2 heterocycles. The smallest absolute Gasteiger partial charge is 0.335 e. The summed E-state index contributed by atoms with van der Waals surface area (Å²) in [5.41, 5.74) is 1.80. The molecule has 35 heavy (non-hydrogen) atoms. The molecule has 1 aliphatic heterocycles. The standard InChI is InChI=1S/C27H25NO7/c1-15(2)35-20-11-10-19(13-16(20)3)24(29)22-23(21-5-4-12-34-21)28(26(31)25(22)30)14-17-6-8-18(9-7-17)27(32)33/h4-13,15,23,29H,14H2,1-3H3,(H,32,33)/b24-22-. The molecule has 0 spiro atoms. The molecule has 3 aromatic rings. The van der Waals surface area contributed by atoms with Crippen LogP contribution < -0.4 is 4.74 Å². The fraction of sp³-hybridized carbons (Fsp3) is 0.222. The van der Waals surface area contributed by atoms with Gasteiger partial charge in [-0.05, 0) is 74.4 Å². The van der Waals surface area contributed by atoms with Crippen LogP contribution in [0, 0.1) is 6.92 Å². The highest BCUT2D eigenvalue weighted by atomic mass is 16.5. The number of Topliss-reactive ketones (excluding diaryl/α,β-unsaturated/α-hetero) is 1. The SMILES string of the molecule is Cc1cc(/C(O)=C2/C(=O)C(=O)N(Cc3ccc(C(=O)O)cc3)C2c2ccco2)ccc1OC(C)C. The zero-order chi connectivity index (χ0) is 25.3. The lowest BCUT2D eigenvalue weighted by atomic mass is 9.98. The first-order chi connectivity index (χ1) is 16.7. The van der Waals surface area contributed by atoms with Gasteiger partial charge in [0.1, 0.15) is 23.3 Å². The third kappa shape index (κ3) is 4.68. The molecule has 1 aromatic heterocycles. The van der Waals surface area contributed by atoms with Crippen LogP contribution in [0.2, 0.25) is 0 Å². The Morgan fingerprint density at radius 1 is 1.06 bits per heavy atom. The van der Waals surface area contributed by atoms with E-state index in [0.29, 0.717) is 22.6 Å². The van der Waals surface area contributed by atoms with Crippen molar-refractivity contribution < 1.29 is 33.8 Å². The molecule has 1 saturated heterocycles. The molecule has 4 rings (SSSR count). The van der Waals surface area contributed by atoms with E-state index in [1.807, 2.05) is 20.8 Å². The molecule has 0 bridgehead atoms. The summed E-state index contributed by atoms with van der Waals surface area (Å²) in [4.78, 5) is 38.6. The molecule has 1 aliphatic rings. The Morgan fingerprint density at radius 3 is 2.31 bits per heavy atom. The third-order valence-corrected chi connectivity index (χ3v) is 5.72. The van der Waals surface area contributed by atoms with Crippen LogP contribution in [0.4, 0.5) is 0 Å². The van der Waals surface area contributed by atoms with Crippen molar-refractivity contribution in [1.29, 1.82) is 0 Å². The minimum absolute atomic E-state index is 0.0206. The highest BCUT2D eigenvalue weighted by molar-refractivity contribution is 6.46. The van der Waals surface area contributed by atoms with Gasteiger partial charge < -0.3 is 24.3 Å². The molecule has 2 aromatic carbocycles. The van der Waals surface area contributed by atoms with Gasteiger partial charge in [-0.3, -0.25) is 9.59 Å². The third-order valence-electron chi connectivity index (χ3n) is 5.72. The summed E-state index contributed by atoms with van der Waals surface area (Å²) in [6, 6.07) is 13.4. The number of carbonyl (C=O) groups excluding carboxylic acids is 2. The van der Waals surface area contributed by atoms with Gasteiger partial charge in [0, 0.05) is 12.1 Å². The molecule has 0 saturated carbocycles. The fourth-order valence-corrected chi connectivity index (χ4v) is 4.07. The lowest BCUT2D eigenvalue weighted by Crippen LogP contribution is -2.29. The number of nitrogens with zero attached hydrogens (tertiary/aromatic N) is 1. The molecular formula is C27H25NO7. The summed E-state index contributed by atoms with van der Waals surface area (Å²) in [6.45, 7) is 5.67. The molecule has 8 heteroatoms. The number of hydrogen-bond acceptors (Lipinski definition) is 6. The van der Waals surface area contributed by atoms with E-state index in [1.165, 1.54) is 23.3 Å². The first kappa shape index (κ1) is 23.8. The topological polar surface area (TPSA) is 117 Å². The highest BCUT2D eigenvalue weighted by Crippen LogP contribution is 2.40. The van der Waals surface area contributed by atoms with Crippen LogP contribution in [0.5, 0.6) is 5.75 Å². The van der Waals surface area contributed by atoms with Gasteiger partial charge in [0.2, 0.25) is 0 Å². The van der Waals surface area contributed by atoms with Gasteiger partial charge in [-0.15, -0.1) is 0 Å². The van der Waals surface area contributed by atoms with Crippen LogP contribution in [0.15, 0.2) is 70.9 Å². The zero-order valence-electron chi connectivity index (χ0n) is 19.5. The van der Waals surface area contributed by atoms with E-state index >= 15 is 0 Å². The molecule has 1 fully saturated rings. The molecule has 180 valence electrons. The second-order valence-corrected chi connectivity index (χ2v) is 8.59. The maximum Gasteiger partial charge on any atom is 0.335 e. The molecule has 1 atom stereocenters. The first-order valence-electron chi connectivity index (χ1n) is 11.1. The van der Waals surface area contributed by atoms with E-state index in [0.717, 1.165) is 5.56 Å². The Morgan fingerprint density at radius 2 is 1.74 bits per heavy atom. The number of aromatic carboxylic acids is 1. The number of carboxylic acid groups (broad SMARTS) is 1. The van der Waals surface area contributed by atoms with Crippen molar-refractivity contribution >= 4 is 23.4 Å². The number of hydrogen-bond donors (Lipinski definition) is 2. The van der Waals surface area contributed by atoms with Gasteiger partial charge >= 0.3 is 5.97 Å². The average molecular weight is 475 g/mol. The van der Waals surface area contributed by atoms with E-state index < -0.39 is 23.7 Å². The number of aliphatic hydroxyl groups excluding tert-OH is 1. The monoisotopic (exact) mass is 475 g/mol. The van der Waals surface area contributed by atoms with Crippen LogP contribution in [0.25, 0.3) is 5.76 Å². The normalized spacial score (nSPS) is 17.3. The molecule has 1 unspecified atom stereocenters. The van der Waals surface area contributed by atoms with Crippen molar-refractivity contribution in [2.45, 2.75) is 39.5 Å². The van der Waals surface area contributed by atoms with Crippen molar-refractivity contribution in [2.75, 3.05) is 0 Å². The maximum absolute atomic E-state index is 13.1. The quantitative estimate of drug-likeness (QED) is 0.289. The number of amides is 1. The predicted octanol–water partition coefficient (Wildman–Crippen LogP) is 4.70. The lowest BCUT2D eigenvalue weighted by molar-refractivity contribution is -0.140. The molecule has 8 nitrogen and oxygen atoms in total. The summed E-state index contributed by atoms with van der Waals surface area (Å²) in [5, 5.41) is 20.3. The maximum atomic E-state index is 13.1. The Bertz CT molecular complexity index is 1300. The largest absolute Gasteiger partial charge is 0.507 e. The summed E-state index contributed by atoms with van der Waals surface area (Å²) in [6.07, 6.45) is 1.40. The van der Waals surface area contributed by atoms with Gasteiger partial charge in [-0.2, -0.15) is 0 Å². The van der Waals surface area contributed by atoms with E-state index in [1.54, 1.807) is 42.5 Å². The van der Waals surface area contributed by atoms with Crippen LogP contribution in [0.1, 0.15) is 52.7 Å². The van der Waals surface area contributed by atoms with Crippen molar-refractivity contribution in [3.8, 4) is 5.75 Å². The molecule has 0 aliphatic carbocycles. The minimum atomic E-state index is -1.06. The van der Waals surface area contributed by atoms with Gasteiger partial charge in [0.25, 0.3) is 11.7 Å². The summed E-state index contributed by atoms with van der Waals surface area (Å²) in [5.74, 6) is -2.01. The van der Waals surface area contributed by atoms with Crippen LogP contribution in [-0.4, -0.2) is 38.9 Å². The van der Waals surface area contributed by atoms with Crippen molar-refractivity contribution in [2.24, 2.45) is 0 Å². The fourth-order valence-electron chi connectivity index (χ4n) is 4.07. The van der Waals surface area contributed by atoms with Crippen LogP contribution >= 0.6 is 0 Å². The van der Waals surface area contributed by atoms with Crippen LogP contribution in [-0.2, 0) is 16.1 Å². The number of ketones is 1. The average Bonchev–Trinajstić information content (AvgIpc) is 3.43. The number of furan rings is 1. The Balaban J connectivity index is 1.75. The van der Waals surface area contributed by atoms with Gasteiger partial charge in [0.15, 0.2) is 0 Å². The number of carbonyl (C=O) groups is 3. The van der Waals surface area contributed by atoms with Crippen LogP contribution in [0.3, 0.4) is 0 Å². The van der Waals surface area contributed by atoms with Crippen molar-refractivity contribution in [3.05, 3.63) is 94.4 Å². The van der Waals surface area contributed by atoms with E-state index in [2.05, 4.69) is 0 Å². The Kier molecular flexibility index (Phi) is 6.46. The highest BCUT2D eigenvalue weighted by Gasteiger charge is 2.47. The van der Waals surface area contributed by atoms with Gasteiger partial charge in [-0.25, -0.2) is 4.79 Å². The lowest BCUT2D eigenvalue weighted by Gasteiger charge is -2.23. The van der Waals surface area contributed by atoms with E-state index in [-0.39, 0.29) is 29.5 Å². The molecular weight excluding hydrogens is 450 g/mol. The number of benzene rings is 2. The second-order valence-electron chi connectivity index (χ2n) is 8.59. The molecule has 0 radical (unpaired) electrons. The van der Waals surface area contributed by atoms with Gasteiger partial charge in [-0.1, -0.05) is 12.1 Å². The first-order valence-corrected chi connectivity index (χ1v) is 11.1. The number of rotatable bonds is 7. The van der Waals surface area contributed by atoms with E-state index in [4.69, 9.17) is 14.3 Å².